The highest BCUT2D eigenvalue weighted by molar-refractivity contribution is 5.77. The largest absolute Gasteiger partial charge is 0.483 e. The van der Waals surface area contributed by atoms with Crippen molar-refractivity contribution < 1.29 is 4.74 Å². The van der Waals surface area contributed by atoms with Gasteiger partial charge in [-0.25, -0.2) is 4.98 Å². The van der Waals surface area contributed by atoms with Crippen molar-refractivity contribution >= 4 is 11.0 Å². The van der Waals surface area contributed by atoms with E-state index in [9.17, 15) is 0 Å². The van der Waals surface area contributed by atoms with Crippen molar-refractivity contribution in [2.75, 3.05) is 0 Å². The lowest BCUT2D eigenvalue weighted by Crippen LogP contribution is -2.07. The second-order valence-electron chi connectivity index (χ2n) is 6.53. The minimum atomic E-state index is -0.122. The fraction of sp³-hybridized carbons (Fsp3) is 0.350. The van der Waals surface area contributed by atoms with Crippen LogP contribution in [0.25, 0.3) is 11.0 Å². The molecular formula is C20H24N2O. The van der Waals surface area contributed by atoms with E-state index in [0.717, 1.165) is 22.6 Å². The van der Waals surface area contributed by atoms with Crippen molar-refractivity contribution in [3.8, 4) is 5.75 Å². The summed E-state index contributed by atoms with van der Waals surface area (Å²) in [5, 5.41) is 0. The van der Waals surface area contributed by atoms with E-state index in [-0.39, 0.29) is 6.10 Å². The summed E-state index contributed by atoms with van der Waals surface area (Å²) < 4.78 is 6.19. The number of rotatable bonds is 4. The summed E-state index contributed by atoms with van der Waals surface area (Å²) in [6.07, 6.45) is -0.122. The molecule has 1 aromatic heterocycles. The Morgan fingerprint density at radius 2 is 1.70 bits per heavy atom. The number of aryl methyl sites for hydroxylation is 2. The predicted octanol–water partition coefficient (Wildman–Crippen LogP) is 5.44. The van der Waals surface area contributed by atoms with Crippen LogP contribution in [0, 0.1) is 13.8 Å². The Hall–Kier alpha value is -2.29. The number of para-hydroxylation sites is 1. The highest BCUT2D eigenvalue weighted by atomic mass is 16.5. The minimum absolute atomic E-state index is 0.122. The summed E-state index contributed by atoms with van der Waals surface area (Å²) in [6.45, 7) is 10.6. The number of benzene rings is 2. The van der Waals surface area contributed by atoms with Gasteiger partial charge in [0.2, 0.25) is 0 Å². The fourth-order valence-corrected chi connectivity index (χ4v) is 2.79. The van der Waals surface area contributed by atoms with Crippen LogP contribution in [0.5, 0.6) is 5.75 Å². The van der Waals surface area contributed by atoms with E-state index >= 15 is 0 Å². The smallest absolute Gasteiger partial charge is 0.153 e. The van der Waals surface area contributed by atoms with Gasteiger partial charge in [0, 0.05) is 0 Å². The van der Waals surface area contributed by atoms with Crippen LogP contribution in [0.15, 0.2) is 36.4 Å². The molecule has 3 heteroatoms. The topological polar surface area (TPSA) is 37.9 Å². The number of ether oxygens (including phenoxy) is 1. The van der Waals surface area contributed by atoms with E-state index in [2.05, 4.69) is 56.9 Å². The van der Waals surface area contributed by atoms with Gasteiger partial charge in [-0.1, -0.05) is 32.0 Å². The third kappa shape index (κ3) is 3.09. The van der Waals surface area contributed by atoms with Crippen LogP contribution in [-0.4, -0.2) is 9.97 Å². The molecule has 0 aliphatic heterocycles. The monoisotopic (exact) mass is 308 g/mol. The maximum atomic E-state index is 6.19. The third-order valence-electron chi connectivity index (χ3n) is 4.35. The van der Waals surface area contributed by atoms with E-state index in [1.165, 1.54) is 16.7 Å². The normalized spacial score (nSPS) is 12.8. The summed E-state index contributed by atoms with van der Waals surface area (Å²) in [6, 6.07) is 12.5. The number of hydrogen-bond acceptors (Lipinski definition) is 2. The van der Waals surface area contributed by atoms with E-state index in [1.807, 2.05) is 19.1 Å². The molecule has 1 N–H and O–H groups in total. The Morgan fingerprint density at radius 1 is 1.00 bits per heavy atom. The van der Waals surface area contributed by atoms with Crippen LogP contribution in [0.1, 0.15) is 55.3 Å². The summed E-state index contributed by atoms with van der Waals surface area (Å²) >= 11 is 0. The third-order valence-corrected chi connectivity index (χ3v) is 4.35. The Kier molecular flexibility index (Phi) is 4.12. The number of H-pyrrole nitrogens is 1. The van der Waals surface area contributed by atoms with E-state index in [0.29, 0.717) is 5.92 Å². The van der Waals surface area contributed by atoms with Crippen molar-refractivity contribution in [2.45, 2.75) is 46.6 Å². The van der Waals surface area contributed by atoms with Crippen LogP contribution in [-0.2, 0) is 0 Å². The second-order valence-corrected chi connectivity index (χ2v) is 6.53. The molecule has 0 aliphatic rings. The zero-order valence-electron chi connectivity index (χ0n) is 14.5. The fourth-order valence-electron chi connectivity index (χ4n) is 2.79. The molecule has 3 nitrogen and oxygen atoms in total. The molecule has 0 amide bonds. The molecule has 0 fully saturated rings. The van der Waals surface area contributed by atoms with Gasteiger partial charge in [-0.2, -0.15) is 0 Å². The van der Waals surface area contributed by atoms with Crippen molar-refractivity contribution in [2.24, 2.45) is 0 Å². The number of imidazole rings is 1. The standard InChI is InChI=1S/C20H24N2O/c1-12(2)16-8-6-7-9-19(16)23-15(5)20-21-17-10-13(3)14(4)11-18(17)22-20/h6-12,15H,1-5H3,(H,21,22)/t15-/m1/s1. The highest BCUT2D eigenvalue weighted by Crippen LogP contribution is 2.30. The Morgan fingerprint density at radius 3 is 2.43 bits per heavy atom. The number of aromatic nitrogens is 2. The average molecular weight is 308 g/mol. The number of nitrogens with zero attached hydrogens (tertiary/aromatic N) is 1. The van der Waals surface area contributed by atoms with Gasteiger partial charge < -0.3 is 9.72 Å². The Bertz CT molecular complexity index is 794. The maximum absolute atomic E-state index is 6.19. The van der Waals surface area contributed by atoms with Gasteiger partial charge in [0.1, 0.15) is 11.6 Å². The lowest BCUT2D eigenvalue weighted by Gasteiger charge is -2.17. The van der Waals surface area contributed by atoms with Gasteiger partial charge in [-0.3, -0.25) is 0 Å². The van der Waals surface area contributed by atoms with Gasteiger partial charge in [0.05, 0.1) is 11.0 Å². The second kappa shape index (κ2) is 6.07. The van der Waals surface area contributed by atoms with E-state index in [4.69, 9.17) is 9.72 Å². The number of aromatic amines is 1. The van der Waals surface area contributed by atoms with Crippen molar-refractivity contribution in [3.05, 3.63) is 58.9 Å². The summed E-state index contributed by atoms with van der Waals surface area (Å²) in [7, 11) is 0. The first-order chi connectivity index (χ1) is 11.0. The van der Waals surface area contributed by atoms with Gasteiger partial charge in [0.25, 0.3) is 0 Å². The summed E-state index contributed by atoms with van der Waals surface area (Å²) in [4.78, 5) is 8.10. The molecule has 1 heterocycles. The first-order valence-corrected chi connectivity index (χ1v) is 8.18. The maximum Gasteiger partial charge on any atom is 0.153 e. The zero-order valence-corrected chi connectivity index (χ0v) is 14.5. The molecule has 0 saturated carbocycles. The predicted molar refractivity (Wildman–Crippen MR) is 95.1 cm³/mol. The lowest BCUT2D eigenvalue weighted by atomic mass is 10.0. The van der Waals surface area contributed by atoms with Crippen molar-refractivity contribution in [1.82, 2.24) is 9.97 Å². The summed E-state index contributed by atoms with van der Waals surface area (Å²) in [5.74, 6) is 2.23. The Balaban J connectivity index is 1.90. The molecule has 0 bridgehead atoms. The van der Waals surface area contributed by atoms with E-state index < -0.39 is 0 Å². The van der Waals surface area contributed by atoms with Crippen LogP contribution in [0.2, 0.25) is 0 Å². The summed E-state index contributed by atoms with van der Waals surface area (Å²) in [5.41, 5.74) is 5.81. The molecule has 0 aliphatic carbocycles. The molecule has 1 atom stereocenters. The Labute approximate surface area is 137 Å². The van der Waals surface area contributed by atoms with Crippen LogP contribution >= 0.6 is 0 Å². The van der Waals surface area contributed by atoms with Gasteiger partial charge >= 0.3 is 0 Å². The molecular weight excluding hydrogens is 284 g/mol. The van der Waals surface area contributed by atoms with Gasteiger partial charge in [-0.05, 0) is 61.6 Å². The quantitative estimate of drug-likeness (QED) is 0.696. The number of nitrogens with one attached hydrogen (secondary N) is 1. The number of fused-ring (bicyclic) bond motifs is 1. The molecule has 3 rings (SSSR count). The molecule has 3 aromatic rings. The first kappa shape index (κ1) is 15.6. The van der Waals surface area contributed by atoms with Crippen LogP contribution in [0.4, 0.5) is 0 Å². The highest BCUT2D eigenvalue weighted by Gasteiger charge is 2.15. The van der Waals surface area contributed by atoms with Crippen molar-refractivity contribution in [3.63, 3.8) is 0 Å². The molecule has 0 unspecified atom stereocenters. The molecule has 23 heavy (non-hydrogen) atoms. The molecule has 0 saturated heterocycles. The zero-order chi connectivity index (χ0) is 16.6. The average Bonchev–Trinajstić information content (AvgIpc) is 2.91. The molecule has 120 valence electrons. The molecule has 0 radical (unpaired) electrons. The molecule has 0 spiro atoms. The lowest BCUT2D eigenvalue weighted by molar-refractivity contribution is 0.215. The van der Waals surface area contributed by atoms with Gasteiger partial charge in [0.15, 0.2) is 6.10 Å². The van der Waals surface area contributed by atoms with E-state index in [1.54, 1.807) is 0 Å². The van der Waals surface area contributed by atoms with Crippen molar-refractivity contribution in [1.29, 1.82) is 0 Å². The first-order valence-electron chi connectivity index (χ1n) is 8.18. The number of hydrogen-bond donors (Lipinski definition) is 1. The van der Waals surface area contributed by atoms with Gasteiger partial charge in [-0.15, -0.1) is 0 Å². The minimum Gasteiger partial charge on any atom is -0.483 e. The van der Waals surface area contributed by atoms with Crippen LogP contribution < -0.4 is 4.74 Å². The van der Waals surface area contributed by atoms with Crippen LogP contribution in [0.3, 0.4) is 0 Å². The molecule has 2 aromatic carbocycles. The SMILES string of the molecule is Cc1cc2nc([C@@H](C)Oc3ccccc3C(C)C)[nH]c2cc1C.